The van der Waals surface area contributed by atoms with E-state index in [1.165, 1.54) is 100 Å². The molecule has 0 saturated carbocycles. The number of hydrogen-bond acceptors (Lipinski definition) is 13. The molecule has 0 aliphatic carbocycles. The lowest BCUT2D eigenvalue weighted by molar-refractivity contribution is -0.0690. The Kier molecular flexibility index (Phi) is 19.1. The molecule has 6 atom stereocenters. The van der Waals surface area contributed by atoms with E-state index in [1.54, 1.807) is 24.3 Å². The maximum absolute atomic E-state index is 13.0. The third-order valence-electron chi connectivity index (χ3n) is 10.0. The monoisotopic (exact) mass is 798 g/mol. The van der Waals surface area contributed by atoms with Crippen LogP contribution in [-0.4, -0.2) is 80.5 Å². The minimum absolute atomic E-state index is 0.0752. The molecule has 15 nitrogen and oxygen atoms in total. The van der Waals surface area contributed by atoms with Crippen molar-refractivity contribution in [3.05, 3.63) is 59.5 Å². The van der Waals surface area contributed by atoms with Gasteiger partial charge in [0.1, 0.15) is 42.3 Å². The fourth-order valence-corrected chi connectivity index (χ4v) is 7.58. The summed E-state index contributed by atoms with van der Waals surface area (Å²) in [6, 6.07) is 13.9. The molecule has 16 heteroatoms. The van der Waals surface area contributed by atoms with Gasteiger partial charge in [0.05, 0.1) is 43.8 Å². The number of anilines is 1. The van der Waals surface area contributed by atoms with Crippen LogP contribution in [-0.2, 0) is 40.0 Å². The van der Waals surface area contributed by atoms with Crippen LogP contribution in [0.5, 0.6) is 0 Å². The van der Waals surface area contributed by atoms with Gasteiger partial charge in [0.15, 0.2) is 5.82 Å². The highest BCUT2D eigenvalue weighted by Gasteiger charge is 2.58. The van der Waals surface area contributed by atoms with E-state index >= 15 is 0 Å². The van der Waals surface area contributed by atoms with Crippen molar-refractivity contribution in [2.24, 2.45) is 0 Å². The smallest absolute Gasteiger partial charge is 0.387 e. The standard InChI is InChI=1S/C40H59N6O9P/c1-2-3-4-5-6-7-8-9-10-11-12-13-14-15-16-22-51-26-33(52-25-32-19-17-18-31(23-32)24-41)27-53-56(49,50)54-28-35-37(47)38(48)40(29-42,55-35)36-21-20-34-39(43)44-30-45-46(34)36/h17-21,23,30,33,35,37-38,47-48H,2-16,22,25-28H2,1H3,(H,49,50)(H2,43,44,45)/t33-,35-,37-,38-,40+/m1/s1. The van der Waals surface area contributed by atoms with Gasteiger partial charge in [0.25, 0.3) is 0 Å². The number of nitrogens with two attached hydrogens (primary N) is 1. The van der Waals surface area contributed by atoms with Gasteiger partial charge >= 0.3 is 7.82 Å². The van der Waals surface area contributed by atoms with Gasteiger partial charge in [-0.2, -0.15) is 15.6 Å². The van der Waals surface area contributed by atoms with Gasteiger partial charge in [-0.05, 0) is 36.2 Å². The SMILES string of the molecule is CCCCCCCCCCCCCCCCCOC[C@H](COP(=O)(O)OC[C@H]1O[C@@](C#N)(c2ccc3c(N)ncnn23)[C@H](O)[C@@H]1O)OCc1cccc(C#N)c1. The van der Waals surface area contributed by atoms with Crippen LogP contribution in [0, 0.1) is 22.7 Å². The molecule has 5 N–H and O–H groups in total. The zero-order valence-electron chi connectivity index (χ0n) is 32.5. The van der Waals surface area contributed by atoms with E-state index in [2.05, 4.69) is 23.1 Å². The van der Waals surface area contributed by atoms with Crippen molar-refractivity contribution in [2.75, 3.05) is 32.2 Å². The average Bonchev–Trinajstić information content (AvgIpc) is 3.75. The number of aromatic nitrogens is 3. The third kappa shape index (κ3) is 13.6. The van der Waals surface area contributed by atoms with Gasteiger partial charge in [-0.1, -0.05) is 109 Å². The van der Waals surface area contributed by atoms with Crippen molar-refractivity contribution in [2.45, 2.75) is 140 Å². The van der Waals surface area contributed by atoms with Gasteiger partial charge in [-0.25, -0.2) is 14.1 Å². The highest BCUT2D eigenvalue weighted by molar-refractivity contribution is 7.47. The van der Waals surface area contributed by atoms with Crippen molar-refractivity contribution >= 4 is 19.2 Å². The molecule has 1 unspecified atom stereocenters. The molecule has 0 spiro atoms. The fraction of sp³-hybridized carbons (Fsp3) is 0.650. The molecule has 1 aromatic carbocycles. The van der Waals surface area contributed by atoms with Crippen LogP contribution < -0.4 is 5.73 Å². The van der Waals surface area contributed by atoms with Crippen LogP contribution in [0.4, 0.5) is 5.82 Å². The molecule has 1 saturated heterocycles. The minimum atomic E-state index is -4.76. The summed E-state index contributed by atoms with van der Waals surface area (Å²) in [5, 5.41) is 45.3. The number of nitrogen functional groups attached to an aromatic ring is 1. The summed E-state index contributed by atoms with van der Waals surface area (Å²) in [6.07, 6.45) is 14.5. The molecule has 308 valence electrons. The number of aliphatic hydroxyl groups excluding tert-OH is 2. The zero-order valence-corrected chi connectivity index (χ0v) is 33.4. The number of rotatable bonds is 28. The van der Waals surface area contributed by atoms with E-state index in [-0.39, 0.29) is 31.3 Å². The molecule has 2 aromatic heterocycles. The van der Waals surface area contributed by atoms with E-state index in [1.807, 2.05) is 6.07 Å². The number of phosphoric acid groups is 1. The van der Waals surface area contributed by atoms with Crippen molar-refractivity contribution < 1.29 is 42.9 Å². The van der Waals surface area contributed by atoms with Gasteiger partial charge in [-0.15, -0.1) is 0 Å². The number of unbranched alkanes of at least 4 members (excludes halogenated alkanes) is 14. The molecule has 3 heterocycles. The fourth-order valence-electron chi connectivity index (χ4n) is 6.81. The summed E-state index contributed by atoms with van der Waals surface area (Å²) in [5.74, 6) is 0.124. The molecule has 1 fully saturated rings. The minimum Gasteiger partial charge on any atom is -0.387 e. The predicted octanol–water partition coefficient (Wildman–Crippen LogP) is 6.63. The Morgan fingerprint density at radius 2 is 1.61 bits per heavy atom. The molecule has 0 amide bonds. The lowest BCUT2D eigenvalue weighted by Gasteiger charge is -2.24. The molecular formula is C40H59N6O9P. The van der Waals surface area contributed by atoms with Crippen molar-refractivity contribution in [1.82, 2.24) is 14.6 Å². The molecule has 1 aliphatic rings. The van der Waals surface area contributed by atoms with Gasteiger partial charge in [0.2, 0.25) is 5.60 Å². The van der Waals surface area contributed by atoms with Crippen LogP contribution >= 0.6 is 7.82 Å². The number of benzene rings is 1. The number of fused-ring (bicyclic) bond motifs is 1. The molecular weight excluding hydrogens is 739 g/mol. The van der Waals surface area contributed by atoms with Gasteiger partial charge < -0.3 is 35.1 Å². The quantitative estimate of drug-likeness (QED) is 0.0447. The molecule has 56 heavy (non-hydrogen) atoms. The van der Waals surface area contributed by atoms with E-state index in [4.69, 9.17) is 29.0 Å². The normalized spacial score (nSPS) is 21.1. The van der Waals surface area contributed by atoms with Crippen LogP contribution in [0.25, 0.3) is 5.52 Å². The molecule has 1 aliphatic heterocycles. The molecule has 0 radical (unpaired) electrons. The Morgan fingerprint density at radius 1 is 0.946 bits per heavy atom. The number of aliphatic hydroxyl groups is 2. The van der Waals surface area contributed by atoms with Crippen LogP contribution in [0.3, 0.4) is 0 Å². The number of ether oxygens (including phenoxy) is 3. The topological polar surface area (TPSA) is 228 Å². The third-order valence-corrected chi connectivity index (χ3v) is 11.0. The first-order valence-corrected chi connectivity index (χ1v) is 21.5. The number of phosphoric ester groups is 1. The number of nitrogens with zero attached hydrogens (tertiary/aromatic N) is 5. The first-order chi connectivity index (χ1) is 27.1. The van der Waals surface area contributed by atoms with Crippen molar-refractivity contribution in [3.63, 3.8) is 0 Å². The number of hydrogen-bond donors (Lipinski definition) is 4. The average molecular weight is 799 g/mol. The first-order valence-electron chi connectivity index (χ1n) is 20.0. The van der Waals surface area contributed by atoms with Gasteiger partial charge in [-0.3, -0.25) is 9.05 Å². The Balaban J connectivity index is 1.20. The highest BCUT2D eigenvalue weighted by atomic mass is 31.2. The van der Waals surface area contributed by atoms with Crippen molar-refractivity contribution in [1.29, 1.82) is 10.5 Å². The summed E-state index contributed by atoms with van der Waals surface area (Å²) < 4.78 is 42.4. The predicted molar refractivity (Wildman–Crippen MR) is 209 cm³/mol. The lowest BCUT2D eigenvalue weighted by atomic mass is 9.92. The molecule has 0 bridgehead atoms. The van der Waals surface area contributed by atoms with Crippen LogP contribution in [0.15, 0.2) is 42.7 Å². The Hall–Kier alpha value is -3.47. The van der Waals surface area contributed by atoms with Crippen LogP contribution in [0.2, 0.25) is 0 Å². The van der Waals surface area contributed by atoms with Crippen molar-refractivity contribution in [3.8, 4) is 12.1 Å². The summed E-state index contributed by atoms with van der Waals surface area (Å²) in [5.41, 5.74) is 5.43. The number of nitriles is 2. The Morgan fingerprint density at radius 3 is 2.25 bits per heavy atom. The van der Waals surface area contributed by atoms with E-state index in [9.17, 15) is 30.2 Å². The second-order valence-electron chi connectivity index (χ2n) is 14.4. The summed E-state index contributed by atoms with van der Waals surface area (Å²) in [4.78, 5) is 14.5. The summed E-state index contributed by atoms with van der Waals surface area (Å²) in [7, 11) is -4.76. The zero-order chi connectivity index (χ0) is 40.2. The largest absolute Gasteiger partial charge is 0.472 e. The van der Waals surface area contributed by atoms with E-state index in [0.717, 1.165) is 24.8 Å². The summed E-state index contributed by atoms with van der Waals surface area (Å²) in [6.45, 7) is 1.85. The second-order valence-corrected chi connectivity index (χ2v) is 15.9. The Bertz CT molecular complexity index is 1750. The second kappa shape index (κ2) is 23.7. The van der Waals surface area contributed by atoms with Crippen LogP contribution in [0.1, 0.15) is 120 Å². The maximum Gasteiger partial charge on any atom is 0.472 e. The molecule has 4 rings (SSSR count). The molecule has 3 aromatic rings. The van der Waals surface area contributed by atoms with E-state index < -0.39 is 44.4 Å². The summed E-state index contributed by atoms with van der Waals surface area (Å²) >= 11 is 0. The Labute approximate surface area is 330 Å². The lowest BCUT2D eigenvalue weighted by Crippen LogP contribution is -2.41. The van der Waals surface area contributed by atoms with Gasteiger partial charge in [0, 0.05) is 6.61 Å². The first kappa shape index (κ1) is 45.2. The highest BCUT2D eigenvalue weighted by Crippen LogP contribution is 2.46. The van der Waals surface area contributed by atoms with E-state index in [0.29, 0.717) is 17.7 Å². The maximum atomic E-state index is 13.0.